The molecule has 0 spiro atoms. The molecule has 1 aliphatic carbocycles. The molecule has 26 heavy (non-hydrogen) atoms. The van der Waals surface area contributed by atoms with Crippen LogP contribution in [0.25, 0.3) is 0 Å². The van der Waals surface area contributed by atoms with Crippen LogP contribution >= 0.6 is 11.6 Å². The molecule has 1 aliphatic rings. The fourth-order valence-corrected chi connectivity index (χ4v) is 4.25. The number of halogens is 4. The molecule has 2 rings (SSSR count). The van der Waals surface area contributed by atoms with Gasteiger partial charge in [0.1, 0.15) is 0 Å². The second-order valence-electron chi connectivity index (χ2n) is 7.84. The maximum atomic E-state index is 13.6. The summed E-state index contributed by atoms with van der Waals surface area (Å²) in [5.74, 6) is 1.31. The van der Waals surface area contributed by atoms with E-state index in [4.69, 9.17) is 11.6 Å². The van der Waals surface area contributed by atoms with Crippen molar-refractivity contribution in [3.63, 3.8) is 0 Å². The van der Waals surface area contributed by atoms with Crippen molar-refractivity contribution in [3.05, 3.63) is 35.4 Å². The van der Waals surface area contributed by atoms with E-state index >= 15 is 0 Å². The third-order valence-electron chi connectivity index (χ3n) is 5.80. The van der Waals surface area contributed by atoms with Crippen LogP contribution < -0.4 is 0 Å². The number of hydrogen-bond donors (Lipinski definition) is 0. The lowest BCUT2D eigenvalue weighted by atomic mass is 9.77. The van der Waals surface area contributed by atoms with E-state index in [1.807, 2.05) is 0 Å². The number of benzene rings is 1. The number of hydrogen-bond acceptors (Lipinski definition) is 0. The van der Waals surface area contributed by atoms with Crippen LogP contribution in [0.15, 0.2) is 24.3 Å². The summed E-state index contributed by atoms with van der Waals surface area (Å²) in [7, 11) is 0. The van der Waals surface area contributed by atoms with Gasteiger partial charge in [0, 0.05) is 0 Å². The minimum atomic E-state index is -3.85. The van der Waals surface area contributed by atoms with Gasteiger partial charge >= 0.3 is 5.38 Å². The molecule has 0 N–H and O–H groups in total. The van der Waals surface area contributed by atoms with Crippen LogP contribution in [0.2, 0.25) is 0 Å². The van der Waals surface area contributed by atoms with E-state index in [0.29, 0.717) is 5.92 Å². The second kappa shape index (κ2) is 10.6. The largest absolute Gasteiger partial charge is 0.356 e. The summed E-state index contributed by atoms with van der Waals surface area (Å²) in [6.07, 6.45) is 11.8. The number of unbranched alkanes of at least 4 members (excludes halogenated alkanes) is 5. The maximum Gasteiger partial charge on any atom is 0.356 e. The van der Waals surface area contributed by atoms with Gasteiger partial charge in [-0.1, -0.05) is 76.1 Å². The molecule has 0 bridgehead atoms. The van der Waals surface area contributed by atoms with Crippen molar-refractivity contribution >= 4 is 11.6 Å². The van der Waals surface area contributed by atoms with Gasteiger partial charge in [0.2, 0.25) is 6.17 Å². The molecule has 0 saturated heterocycles. The highest BCUT2D eigenvalue weighted by molar-refractivity contribution is 6.22. The Balaban J connectivity index is 1.72. The first-order valence-electron chi connectivity index (χ1n) is 10.2. The van der Waals surface area contributed by atoms with Gasteiger partial charge in [-0.2, -0.15) is 8.78 Å². The molecule has 1 atom stereocenters. The SMILES string of the molecule is CCCCCCCCC1CCC(c2ccc(C(F)C(F)(F)Cl)cc2)CC1. The summed E-state index contributed by atoms with van der Waals surface area (Å²) < 4.78 is 39.4. The van der Waals surface area contributed by atoms with Crippen molar-refractivity contribution in [2.75, 3.05) is 0 Å². The van der Waals surface area contributed by atoms with Gasteiger partial charge in [0.15, 0.2) is 0 Å². The molecule has 1 aromatic carbocycles. The number of rotatable bonds is 10. The predicted molar refractivity (Wildman–Crippen MR) is 104 cm³/mol. The van der Waals surface area contributed by atoms with E-state index in [0.717, 1.165) is 24.3 Å². The summed E-state index contributed by atoms with van der Waals surface area (Å²) in [6, 6.07) is 6.50. The van der Waals surface area contributed by atoms with Gasteiger partial charge in [0.05, 0.1) is 0 Å². The highest BCUT2D eigenvalue weighted by Crippen LogP contribution is 2.40. The summed E-state index contributed by atoms with van der Waals surface area (Å²) in [6.45, 7) is 2.25. The predicted octanol–water partition coefficient (Wildman–Crippen LogP) is 8.55. The highest BCUT2D eigenvalue weighted by Gasteiger charge is 2.38. The minimum absolute atomic E-state index is 0.0505. The van der Waals surface area contributed by atoms with Crippen LogP contribution in [0.5, 0.6) is 0 Å². The fraction of sp³-hybridized carbons (Fsp3) is 0.727. The first-order valence-corrected chi connectivity index (χ1v) is 10.6. The van der Waals surface area contributed by atoms with E-state index in [1.165, 1.54) is 69.9 Å². The van der Waals surface area contributed by atoms with Crippen LogP contribution in [-0.4, -0.2) is 5.38 Å². The van der Waals surface area contributed by atoms with Gasteiger partial charge in [-0.05, 0) is 60.2 Å². The number of alkyl halides is 4. The molecule has 1 aromatic rings. The van der Waals surface area contributed by atoms with Crippen LogP contribution in [0.4, 0.5) is 13.2 Å². The Kier molecular flexibility index (Phi) is 8.79. The van der Waals surface area contributed by atoms with Gasteiger partial charge < -0.3 is 0 Å². The van der Waals surface area contributed by atoms with E-state index in [9.17, 15) is 13.2 Å². The first kappa shape index (κ1) is 21.6. The minimum Gasteiger partial charge on any atom is -0.234 e. The van der Waals surface area contributed by atoms with Crippen LogP contribution in [0.1, 0.15) is 101 Å². The lowest BCUT2D eigenvalue weighted by Crippen LogP contribution is -2.16. The Morgan fingerprint density at radius 2 is 1.54 bits per heavy atom. The smallest absolute Gasteiger partial charge is 0.234 e. The summed E-state index contributed by atoms with van der Waals surface area (Å²) in [5, 5.41) is -3.85. The first-order chi connectivity index (χ1) is 12.4. The van der Waals surface area contributed by atoms with Crippen molar-refractivity contribution in [1.82, 2.24) is 0 Å². The molecule has 0 amide bonds. The van der Waals surface area contributed by atoms with Crippen molar-refractivity contribution in [2.24, 2.45) is 5.92 Å². The lowest BCUT2D eigenvalue weighted by Gasteiger charge is -2.29. The quantitative estimate of drug-likeness (QED) is 0.278. The average molecular weight is 389 g/mol. The Hall–Kier alpha value is -0.700. The zero-order valence-electron chi connectivity index (χ0n) is 15.8. The van der Waals surface area contributed by atoms with Crippen LogP contribution in [0.3, 0.4) is 0 Å². The van der Waals surface area contributed by atoms with Crippen LogP contribution in [0, 0.1) is 5.92 Å². The Bertz CT molecular complexity index is 501. The monoisotopic (exact) mass is 388 g/mol. The van der Waals surface area contributed by atoms with Crippen molar-refractivity contribution in [3.8, 4) is 0 Å². The third kappa shape index (κ3) is 6.79. The summed E-state index contributed by atoms with van der Waals surface area (Å²) in [5.41, 5.74) is 1.09. The third-order valence-corrected chi connectivity index (χ3v) is 5.99. The zero-order chi connectivity index (χ0) is 19.0. The van der Waals surface area contributed by atoms with Gasteiger partial charge in [-0.15, -0.1) is 0 Å². The maximum absolute atomic E-state index is 13.6. The summed E-state index contributed by atoms with van der Waals surface area (Å²) >= 11 is 4.79. The highest BCUT2D eigenvalue weighted by atomic mass is 35.5. The fourth-order valence-electron chi connectivity index (χ4n) is 4.12. The molecule has 1 fully saturated rings. The summed E-state index contributed by atoms with van der Waals surface area (Å²) in [4.78, 5) is 0. The van der Waals surface area contributed by atoms with Gasteiger partial charge in [0.25, 0.3) is 0 Å². The molecule has 148 valence electrons. The zero-order valence-corrected chi connectivity index (χ0v) is 16.6. The van der Waals surface area contributed by atoms with Crippen molar-refractivity contribution < 1.29 is 13.2 Å². The molecular formula is C22H32ClF3. The van der Waals surface area contributed by atoms with E-state index in [-0.39, 0.29) is 5.56 Å². The van der Waals surface area contributed by atoms with E-state index < -0.39 is 11.6 Å². The Morgan fingerprint density at radius 3 is 2.12 bits per heavy atom. The molecule has 0 nitrogen and oxygen atoms in total. The van der Waals surface area contributed by atoms with Gasteiger partial charge in [-0.3, -0.25) is 0 Å². The standard InChI is InChI=1S/C22H32ClF3/c1-2-3-4-5-6-7-8-17-9-11-18(12-10-17)19-13-15-20(16-14-19)21(24)22(23,25)26/h13-18,21H,2-12H2,1H3. The van der Waals surface area contributed by atoms with Crippen molar-refractivity contribution in [1.29, 1.82) is 0 Å². The average Bonchev–Trinajstić information content (AvgIpc) is 2.64. The molecule has 1 saturated carbocycles. The molecule has 4 heteroatoms. The molecule has 0 heterocycles. The van der Waals surface area contributed by atoms with Crippen molar-refractivity contribution in [2.45, 2.75) is 95.0 Å². The van der Waals surface area contributed by atoms with E-state index in [2.05, 4.69) is 6.92 Å². The second-order valence-corrected chi connectivity index (χ2v) is 8.35. The topological polar surface area (TPSA) is 0 Å². The normalized spacial score (nSPS) is 22.3. The molecule has 1 unspecified atom stereocenters. The molecule has 0 aromatic heterocycles. The van der Waals surface area contributed by atoms with E-state index in [1.54, 1.807) is 12.1 Å². The molecule has 0 aliphatic heterocycles. The molecular weight excluding hydrogens is 357 g/mol. The Morgan fingerprint density at radius 1 is 0.962 bits per heavy atom. The lowest BCUT2D eigenvalue weighted by molar-refractivity contribution is 0.00563. The molecule has 0 radical (unpaired) electrons. The Labute approximate surface area is 161 Å². The van der Waals surface area contributed by atoms with Crippen LogP contribution in [-0.2, 0) is 0 Å². The van der Waals surface area contributed by atoms with Gasteiger partial charge in [-0.25, -0.2) is 4.39 Å².